The topological polar surface area (TPSA) is 37.6 Å². The molecule has 0 unspecified atom stereocenters. The van der Waals surface area contributed by atoms with Crippen LogP contribution in [0.15, 0.2) is 65.1 Å². The Hall–Kier alpha value is -2.23. The molecule has 6 heteroatoms. The van der Waals surface area contributed by atoms with Crippen LogP contribution in [0.5, 0.6) is 0 Å². The van der Waals surface area contributed by atoms with Gasteiger partial charge in [-0.05, 0) is 89.6 Å². The van der Waals surface area contributed by atoms with E-state index in [1.807, 2.05) is 18.2 Å². The summed E-state index contributed by atoms with van der Waals surface area (Å²) >= 11 is 0. The Labute approximate surface area is 271 Å². The van der Waals surface area contributed by atoms with Gasteiger partial charge in [-0.1, -0.05) is 92.3 Å². The Bertz CT molecular complexity index is 1320. The van der Waals surface area contributed by atoms with E-state index in [0.717, 1.165) is 39.7 Å². The van der Waals surface area contributed by atoms with E-state index < -0.39 is 0 Å². The number of nitrogens with zero attached hydrogens (tertiary/aromatic N) is 3. The SMILES string of the molecule is C=Cc1cc(C(C)C)c(/N=C(\C)c2cccc(/C(C)=N/c3c(C(C)C)cccc3C(C)C)n2)c(C(C)C)c1.[Cl-].[Cl-].[Fe+2]. The van der Waals surface area contributed by atoms with Gasteiger partial charge in [0.25, 0.3) is 0 Å². The summed E-state index contributed by atoms with van der Waals surface area (Å²) < 4.78 is 0. The maximum absolute atomic E-state index is 5.19. The average molecular weight is 635 g/mol. The minimum Gasteiger partial charge on any atom is -1.00 e. The number of benzene rings is 2. The summed E-state index contributed by atoms with van der Waals surface area (Å²) in [6.45, 7) is 25.9. The van der Waals surface area contributed by atoms with Crippen molar-refractivity contribution in [2.45, 2.75) is 92.9 Å². The molecule has 0 fully saturated rings. The first-order valence-corrected chi connectivity index (χ1v) is 14.0. The molecule has 0 amide bonds. The van der Waals surface area contributed by atoms with Crippen LogP contribution in [0.4, 0.5) is 11.4 Å². The predicted molar refractivity (Wildman–Crippen MR) is 167 cm³/mol. The van der Waals surface area contributed by atoms with Gasteiger partial charge in [0, 0.05) is 0 Å². The van der Waals surface area contributed by atoms with Gasteiger partial charge < -0.3 is 24.8 Å². The predicted octanol–water partition coefficient (Wildman–Crippen LogP) is 4.51. The number of rotatable bonds is 9. The second-order valence-electron chi connectivity index (χ2n) is 11.5. The summed E-state index contributed by atoms with van der Waals surface area (Å²) in [5, 5.41) is 0. The molecule has 1 heterocycles. The van der Waals surface area contributed by atoms with E-state index in [9.17, 15) is 0 Å². The molecule has 0 atom stereocenters. The van der Waals surface area contributed by atoms with E-state index in [4.69, 9.17) is 15.0 Å². The first-order chi connectivity index (χ1) is 17.9. The van der Waals surface area contributed by atoms with Crippen molar-refractivity contribution in [3.8, 4) is 0 Å². The first-order valence-electron chi connectivity index (χ1n) is 14.0. The maximum atomic E-state index is 5.19. The molecule has 3 aromatic rings. The van der Waals surface area contributed by atoms with Crippen molar-refractivity contribution in [3.05, 3.63) is 94.3 Å². The third-order valence-electron chi connectivity index (χ3n) is 7.06. The summed E-state index contributed by atoms with van der Waals surface area (Å²) in [4.78, 5) is 15.4. The van der Waals surface area contributed by atoms with Gasteiger partial charge in [-0.3, -0.25) is 9.98 Å². The van der Waals surface area contributed by atoms with Gasteiger partial charge in [0.05, 0.1) is 34.2 Å². The minimum atomic E-state index is 0. The van der Waals surface area contributed by atoms with Gasteiger partial charge in [0.1, 0.15) is 0 Å². The third-order valence-corrected chi connectivity index (χ3v) is 7.06. The minimum absolute atomic E-state index is 0. The molecule has 3 rings (SSSR count). The van der Waals surface area contributed by atoms with E-state index in [1.54, 1.807) is 0 Å². The standard InChI is InChI=1S/C35H45N3.2ClH.Fe/c1-12-27-19-30(23(6)7)35(31(20-27)24(8)9)37-26(11)33-18-14-17-32(38-33)25(10)36-34-28(21(2)3)15-13-16-29(34)22(4)5;;;/h12-24H,1H2,2-11H3;2*1H;/q;;;+2/p-2/b36-25+,37-26+;;;. The van der Waals surface area contributed by atoms with Gasteiger partial charge in [0.2, 0.25) is 0 Å². The molecule has 0 aliphatic rings. The normalized spacial score (nSPS) is 11.9. The molecule has 222 valence electrons. The number of halogens is 2. The Morgan fingerprint density at radius 2 is 0.976 bits per heavy atom. The van der Waals surface area contributed by atoms with Gasteiger partial charge in [-0.25, -0.2) is 4.98 Å². The first kappa shape index (κ1) is 38.8. The Morgan fingerprint density at radius 1 is 0.634 bits per heavy atom. The van der Waals surface area contributed by atoms with Crippen LogP contribution >= 0.6 is 0 Å². The van der Waals surface area contributed by atoms with Gasteiger partial charge in [0.15, 0.2) is 0 Å². The molecule has 0 spiro atoms. The van der Waals surface area contributed by atoms with E-state index in [-0.39, 0.29) is 41.9 Å². The number of hydrogen-bond donors (Lipinski definition) is 0. The van der Waals surface area contributed by atoms with Crippen LogP contribution < -0.4 is 24.8 Å². The van der Waals surface area contributed by atoms with Crippen LogP contribution in [0, 0.1) is 0 Å². The van der Waals surface area contributed by atoms with Gasteiger partial charge in [-0.2, -0.15) is 0 Å². The van der Waals surface area contributed by atoms with Gasteiger partial charge in [-0.15, -0.1) is 0 Å². The number of pyridine rings is 1. The van der Waals surface area contributed by atoms with Gasteiger partial charge >= 0.3 is 17.1 Å². The smallest absolute Gasteiger partial charge is 1.00 e. The molecule has 0 aliphatic heterocycles. The zero-order valence-electron chi connectivity index (χ0n) is 26.2. The molecule has 0 bridgehead atoms. The van der Waals surface area contributed by atoms with Crippen molar-refractivity contribution < 1.29 is 41.9 Å². The zero-order chi connectivity index (χ0) is 28.1. The fourth-order valence-electron chi connectivity index (χ4n) is 4.76. The van der Waals surface area contributed by atoms with Crippen molar-refractivity contribution in [2.75, 3.05) is 0 Å². The van der Waals surface area contributed by atoms with Crippen LogP contribution in [0.1, 0.15) is 132 Å². The molecule has 0 aliphatic carbocycles. The van der Waals surface area contributed by atoms with Crippen molar-refractivity contribution in [1.82, 2.24) is 4.98 Å². The second kappa shape index (κ2) is 17.0. The fraction of sp³-hybridized carbons (Fsp3) is 0.400. The molecule has 3 nitrogen and oxygen atoms in total. The van der Waals surface area contributed by atoms with Crippen LogP contribution in [-0.2, 0) is 17.1 Å². The number of hydrogen-bond acceptors (Lipinski definition) is 3. The molecule has 0 saturated carbocycles. The van der Waals surface area contributed by atoms with Crippen molar-refractivity contribution in [1.29, 1.82) is 0 Å². The summed E-state index contributed by atoms with van der Waals surface area (Å²) in [6.07, 6.45) is 1.92. The van der Waals surface area contributed by atoms with Crippen LogP contribution in [0.3, 0.4) is 0 Å². The molecular weight excluding hydrogens is 589 g/mol. The van der Waals surface area contributed by atoms with E-state index in [1.165, 1.54) is 22.3 Å². The van der Waals surface area contributed by atoms with Crippen LogP contribution in [0.25, 0.3) is 6.08 Å². The van der Waals surface area contributed by atoms with Crippen molar-refractivity contribution >= 4 is 28.9 Å². The Balaban J connectivity index is 0.00000533. The Kier molecular flexibility index (Phi) is 16.1. The summed E-state index contributed by atoms with van der Waals surface area (Å²) in [6, 6.07) is 17.1. The summed E-state index contributed by atoms with van der Waals surface area (Å²) in [5.41, 5.74) is 11.9. The Morgan fingerprint density at radius 3 is 1.32 bits per heavy atom. The molecule has 0 N–H and O–H groups in total. The average Bonchev–Trinajstić information content (AvgIpc) is 2.88. The van der Waals surface area contributed by atoms with Crippen LogP contribution in [0.2, 0.25) is 0 Å². The molecular formula is C35H45Cl2FeN3. The molecule has 2 aromatic carbocycles. The number of para-hydroxylation sites is 1. The van der Waals surface area contributed by atoms with E-state index in [0.29, 0.717) is 23.7 Å². The zero-order valence-corrected chi connectivity index (χ0v) is 28.8. The fourth-order valence-corrected chi connectivity index (χ4v) is 4.76. The quantitative estimate of drug-likeness (QED) is 0.253. The van der Waals surface area contributed by atoms with Crippen molar-refractivity contribution in [2.24, 2.45) is 9.98 Å². The molecule has 41 heavy (non-hydrogen) atoms. The molecule has 0 radical (unpaired) electrons. The van der Waals surface area contributed by atoms with E-state index >= 15 is 0 Å². The monoisotopic (exact) mass is 633 g/mol. The van der Waals surface area contributed by atoms with Crippen molar-refractivity contribution in [3.63, 3.8) is 0 Å². The third kappa shape index (κ3) is 9.38. The summed E-state index contributed by atoms with van der Waals surface area (Å²) in [5.74, 6) is 1.49. The number of aromatic nitrogens is 1. The van der Waals surface area contributed by atoms with Crippen LogP contribution in [-0.4, -0.2) is 16.4 Å². The summed E-state index contributed by atoms with van der Waals surface area (Å²) in [7, 11) is 0. The maximum Gasteiger partial charge on any atom is 2.00 e. The number of aliphatic imine (C=N–C) groups is 2. The molecule has 0 saturated heterocycles. The van der Waals surface area contributed by atoms with E-state index in [2.05, 4.69) is 112 Å². The molecule has 1 aromatic heterocycles. The second-order valence-corrected chi connectivity index (χ2v) is 11.5. The largest absolute Gasteiger partial charge is 2.00 e.